The monoisotopic (exact) mass is 254 g/mol. The Morgan fingerprint density at radius 1 is 1.22 bits per heavy atom. The number of para-hydroxylation sites is 1. The van der Waals surface area contributed by atoms with Crippen molar-refractivity contribution >= 4 is 10.9 Å². The molecule has 0 fully saturated rings. The topological polar surface area (TPSA) is 119 Å². The molecule has 0 aliphatic heterocycles. The summed E-state index contributed by atoms with van der Waals surface area (Å²) in [4.78, 5) is 16.1. The largest absolute Gasteiger partial charge is 1.00 e. The molecule has 0 aliphatic carbocycles. The van der Waals surface area contributed by atoms with Gasteiger partial charge in [-0.1, -0.05) is 12.1 Å². The van der Waals surface area contributed by atoms with Gasteiger partial charge in [-0.3, -0.25) is 14.5 Å². The summed E-state index contributed by atoms with van der Waals surface area (Å²) in [5.74, 6) is 0.128. The van der Waals surface area contributed by atoms with E-state index in [1.807, 2.05) is 6.07 Å². The van der Waals surface area contributed by atoms with Crippen molar-refractivity contribution in [1.82, 2.24) is 30.2 Å². The zero-order valence-corrected chi connectivity index (χ0v) is 11.5. The van der Waals surface area contributed by atoms with E-state index in [0.29, 0.717) is 10.9 Å². The van der Waals surface area contributed by atoms with Crippen LogP contribution in [0.25, 0.3) is 16.9 Å². The number of hydrogen-bond acceptors (Lipinski definition) is 5. The Bertz CT molecular complexity index is 696. The summed E-state index contributed by atoms with van der Waals surface area (Å²) >= 11 is 0. The molecule has 0 saturated carbocycles. The molecule has 2 heterocycles. The third-order valence-electron chi connectivity index (χ3n) is 2.19. The molecule has 2 N–H and O–H groups in total. The van der Waals surface area contributed by atoms with Crippen molar-refractivity contribution in [3.8, 4) is 5.95 Å². The summed E-state index contributed by atoms with van der Waals surface area (Å²) in [7, 11) is 0. The molecule has 0 unspecified atom stereocenters. The Kier molecular flexibility index (Phi) is 4.68. The number of tetrazole rings is 1. The van der Waals surface area contributed by atoms with Crippen molar-refractivity contribution in [3.63, 3.8) is 0 Å². The maximum atomic E-state index is 12.0. The Morgan fingerprint density at radius 2 is 2.00 bits per heavy atom. The fourth-order valence-corrected chi connectivity index (χ4v) is 1.45. The van der Waals surface area contributed by atoms with Crippen LogP contribution < -0.4 is 40.2 Å². The number of aromatic nitrogens is 6. The van der Waals surface area contributed by atoms with Gasteiger partial charge in [0, 0.05) is 0 Å². The van der Waals surface area contributed by atoms with E-state index in [-0.39, 0.29) is 46.5 Å². The molecular weight excluding hydrogens is 247 g/mol. The maximum absolute atomic E-state index is 12.0. The summed E-state index contributed by atoms with van der Waals surface area (Å²) < 4.78 is 1.21. The van der Waals surface area contributed by atoms with Crippen LogP contribution in [0.3, 0.4) is 0 Å². The van der Waals surface area contributed by atoms with Crippen molar-refractivity contribution in [2.24, 2.45) is 0 Å². The number of fused-ring (bicyclic) bond motifs is 1. The number of rotatable bonds is 1. The van der Waals surface area contributed by atoms with Gasteiger partial charge in [-0.15, -0.1) is 5.21 Å². The van der Waals surface area contributed by atoms with Gasteiger partial charge in [0.25, 0.3) is 0 Å². The first-order valence-electron chi connectivity index (χ1n) is 4.52. The van der Waals surface area contributed by atoms with Crippen LogP contribution in [0, 0.1) is 0 Å². The van der Waals surface area contributed by atoms with E-state index < -0.39 is 0 Å². The van der Waals surface area contributed by atoms with Crippen LogP contribution in [-0.4, -0.2) is 30.6 Å². The minimum absolute atomic E-state index is 0. The summed E-state index contributed by atoms with van der Waals surface area (Å²) in [6, 6.07) is 7.06. The quantitative estimate of drug-likeness (QED) is 0.405. The van der Waals surface area contributed by atoms with Gasteiger partial charge in [-0.2, -0.15) is 5.21 Å². The Hall–Kier alpha value is -1.61. The molecule has 0 atom stereocenters. The number of hydrogen-bond donors (Lipinski definition) is 0. The summed E-state index contributed by atoms with van der Waals surface area (Å²) in [5.41, 5.74) is 0.400. The third kappa shape index (κ3) is 2.31. The Balaban J connectivity index is 0.000000810. The second kappa shape index (κ2) is 5.83. The average Bonchev–Trinajstić information content (AvgIpc) is 2.83. The van der Waals surface area contributed by atoms with Crippen LogP contribution in [0.5, 0.6) is 0 Å². The van der Waals surface area contributed by atoms with Gasteiger partial charge < -0.3 is 5.48 Å². The predicted octanol–water partition coefficient (Wildman–Crippen LogP) is -4.29. The summed E-state index contributed by atoms with van der Waals surface area (Å²) in [6.07, 6.45) is 1.36. The minimum Gasteiger partial charge on any atom is -0.412 e. The van der Waals surface area contributed by atoms with E-state index in [1.54, 1.807) is 18.2 Å². The van der Waals surface area contributed by atoms with Crippen LogP contribution in [0.2, 0.25) is 0 Å². The van der Waals surface area contributed by atoms with Gasteiger partial charge in [-0.05, 0) is 12.1 Å². The van der Waals surface area contributed by atoms with Crippen LogP contribution in [0.15, 0.2) is 35.4 Å². The van der Waals surface area contributed by atoms with Crippen LogP contribution in [0.1, 0.15) is 0 Å². The number of benzene rings is 1. The van der Waals surface area contributed by atoms with Crippen molar-refractivity contribution < 1.29 is 35.0 Å². The molecule has 3 aromatic rings. The molecule has 0 bridgehead atoms. The molecule has 0 radical (unpaired) electrons. The van der Waals surface area contributed by atoms with Crippen LogP contribution >= 0.6 is 0 Å². The molecule has 3 rings (SSSR count). The molecule has 0 saturated heterocycles. The Labute approximate surface area is 123 Å². The fraction of sp³-hybridized carbons (Fsp3) is 0. The van der Waals surface area contributed by atoms with Crippen molar-refractivity contribution in [3.05, 3.63) is 40.9 Å². The third-order valence-corrected chi connectivity index (χ3v) is 2.19. The summed E-state index contributed by atoms with van der Waals surface area (Å²) in [5, 5.41) is 14.4. The van der Waals surface area contributed by atoms with E-state index in [2.05, 4.69) is 25.6 Å². The molecule has 8 nitrogen and oxygen atoms in total. The van der Waals surface area contributed by atoms with Crippen molar-refractivity contribution in [2.75, 3.05) is 0 Å². The van der Waals surface area contributed by atoms with Gasteiger partial charge >= 0.3 is 29.6 Å². The van der Waals surface area contributed by atoms with Gasteiger partial charge in [0.15, 0.2) is 0 Å². The molecule has 18 heavy (non-hydrogen) atoms. The molecule has 0 aliphatic rings. The van der Waals surface area contributed by atoms with Crippen LogP contribution in [-0.2, 0) is 0 Å². The first-order valence-corrected chi connectivity index (χ1v) is 4.52. The number of nitrogens with zero attached hydrogens (tertiary/aromatic N) is 6. The van der Waals surface area contributed by atoms with Gasteiger partial charge in [0.2, 0.25) is 5.56 Å². The SMILES string of the molecule is O.O=c1c2ccccc2ncn1-c1nnn[n-]1.[Na+]. The van der Waals surface area contributed by atoms with Crippen molar-refractivity contribution in [2.45, 2.75) is 0 Å². The van der Waals surface area contributed by atoms with E-state index in [0.717, 1.165) is 0 Å². The molecule has 86 valence electrons. The smallest absolute Gasteiger partial charge is 0.412 e. The Morgan fingerprint density at radius 3 is 2.72 bits per heavy atom. The zero-order valence-electron chi connectivity index (χ0n) is 9.48. The second-order valence-corrected chi connectivity index (χ2v) is 3.12. The molecule has 9 heteroatoms. The predicted molar refractivity (Wildman–Crippen MR) is 57.7 cm³/mol. The first-order chi connectivity index (χ1) is 7.86. The van der Waals surface area contributed by atoms with Gasteiger partial charge in [0.1, 0.15) is 5.95 Å². The van der Waals surface area contributed by atoms with E-state index in [1.165, 1.54) is 10.9 Å². The van der Waals surface area contributed by atoms with Crippen LogP contribution in [0.4, 0.5) is 0 Å². The zero-order chi connectivity index (χ0) is 11.0. The van der Waals surface area contributed by atoms with Gasteiger partial charge in [0.05, 0.1) is 17.2 Å². The molecule has 0 spiro atoms. The fourth-order valence-electron chi connectivity index (χ4n) is 1.45. The van der Waals surface area contributed by atoms with Gasteiger partial charge in [-0.25, -0.2) is 10.1 Å². The van der Waals surface area contributed by atoms with E-state index in [4.69, 9.17) is 0 Å². The normalized spacial score (nSPS) is 9.56. The maximum Gasteiger partial charge on any atom is 1.00 e. The molecule has 2 aromatic heterocycles. The van der Waals surface area contributed by atoms with E-state index >= 15 is 0 Å². The first kappa shape index (κ1) is 14.5. The molecular formula is C9H7N6NaO2. The van der Waals surface area contributed by atoms with Crippen molar-refractivity contribution in [1.29, 1.82) is 0 Å². The average molecular weight is 254 g/mol. The molecule has 0 amide bonds. The molecule has 1 aromatic carbocycles. The minimum atomic E-state index is -0.236. The second-order valence-electron chi connectivity index (χ2n) is 3.12. The summed E-state index contributed by atoms with van der Waals surface area (Å²) in [6.45, 7) is 0. The van der Waals surface area contributed by atoms with E-state index in [9.17, 15) is 4.79 Å². The standard InChI is InChI=1S/C9H5N6O.Na.H2O/c16-8-6-3-1-2-4-7(6)10-5-15(8)9-11-13-14-12-9;;/h1-5H;;1H2/q-1;+1;.